The molecule has 0 bridgehead atoms. The fraction of sp³-hybridized carbons (Fsp3) is 0.765. The summed E-state index contributed by atoms with van der Waals surface area (Å²) >= 11 is 0. The number of hydrogen-bond donors (Lipinski definition) is 4. The van der Waals surface area contributed by atoms with Crippen molar-refractivity contribution in [3.05, 3.63) is 11.5 Å². The molecule has 0 aromatic heterocycles. The Morgan fingerprint density at radius 3 is 2.16 bits per heavy atom. The van der Waals surface area contributed by atoms with Crippen molar-refractivity contribution in [3.63, 3.8) is 0 Å². The molecule has 0 spiro atoms. The molecule has 1 heterocycles. The molecule has 1 aliphatic rings. The van der Waals surface area contributed by atoms with Gasteiger partial charge >= 0.3 is 11.9 Å². The van der Waals surface area contributed by atoms with E-state index in [9.17, 15) is 30.0 Å². The largest absolute Gasteiger partial charge is 0.505 e. The number of aliphatic hydroxyl groups excluding tert-OH is 3. The highest BCUT2D eigenvalue weighted by molar-refractivity contribution is 5.89. The van der Waals surface area contributed by atoms with E-state index in [4.69, 9.17) is 4.74 Å². The third-order valence-corrected chi connectivity index (χ3v) is 4.07. The first-order valence-corrected chi connectivity index (χ1v) is 8.73. The second-order valence-electron chi connectivity index (χ2n) is 6.22. The van der Waals surface area contributed by atoms with Gasteiger partial charge in [0.25, 0.3) is 5.79 Å². The van der Waals surface area contributed by atoms with Crippen LogP contribution in [0.15, 0.2) is 11.5 Å². The van der Waals surface area contributed by atoms with E-state index in [1.807, 2.05) is 0 Å². The Labute approximate surface area is 147 Å². The molecule has 8 nitrogen and oxygen atoms in total. The van der Waals surface area contributed by atoms with Gasteiger partial charge < -0.3 is 29.9 Å². The topological polar surface area (TPSA) is 134 Å². The zero-order valence-electron chi connectivity index (χ0n) is 14.6. The Morgan fingerprint density at radius 2 is 1.68 bits per heavy atom. The second kappa shape index (κ2) is 10.2. The summed E-state index contributed by atoms with van der Waals surface area (Å²) in [7, 11) is 0. The Kier molecular flexibility index (Phi) is 8.71. The second-order valence-corrected chi connectivity index (χ2v) is 6.22. The molecule has 0 saturated heterocycles. The Balaban J connectivity index is 2.35. The van der Waals surface area contributed by atoms with E-state index >= 15 is 0 Å². The SMILES string of the molecule is CCCCCCCCCCC(=O)O[C@](O)(CO)[C@H]1OC(=O)C(O)=C1O. The van der Waals surface area contributed by atoms with Crippen LogP contribution in [-0.4, -0.2) is 50.9 Å². The zero-order valence-corrected chi connectivity index (χ0v) is 14.6. The van der Waals surface area contributed by atoms with E-state index in [1.165, 1.54) is 25.7 Å². The van der Waals surface area contributed by atoms with Gasteiger partial charge in [0, 0.05) is 6.42 Å². The van der Waals surface area contributed by atoms with Crippen molar-refractivity contribution in [2.45, 2.75) is 76.6 Å². The van der Waals surface area contributed by atoms with E-state index in [0.717, 1.165) is 19.3 Å². The minimum atomic E-state index is -2.64. The van der Waals surface area contributed by atoms with E-state index in [0.29, 0.717) is 6.42 Å². The van der Waals surface area contributed by atoms with Crippen molar-refractivity contribution in [1.82, 2.24) is 0 Å². The number of unbranched alkanes of at least 4 members (excludes halogenated alkanes) is 7. The summed E-state index contributed by atoms with van der Waals surface area (Å²) in [5, 5.41) is 38.2. The molecular formula is C17H28O8. The van der Waals surface area contributed by atoms with Gasteiger partial charge in [-0.05, 0) is 6.42 Å². The molecule has 1 aliphatic heterocycles. The Hall–Kier alpha value is -1.80. The van der Waals surface area contributed by atoms with Crippen LogP contribution in [-0.2, 0) is 19.1 Å². The van der Waals surface area contributed by atoms with E-state index < -0.39 is 42.0 Å². The summed E-state index contributed by atoms with van der Waals surface area (Å²) in [6.45, 7) is 1.05. The van der Waals surface area contributed by atoms with Crippen LogP contribution < -0.4 is 0 Å². The first-order chi connectivity index (χ1) is 11.9. The summed E-state index contributed by atoms with van der Waals surface area (Å²) < 4.78 is 9.31. The molecule has 0 fully saturated rings. The van der Waals surface area contributed by atoms with Crippen molar-refractivity contribution in [1.29, 1.82) is 0 Å². The highest BCUT2D eigenvalue weighted by Crippen LogP contribution is 2.29. The predicted octanol–water partition coefficient (Wildman–Crippen LogP) is 1.99. The molecule has 0 radical (unpaired) electrons. The molecule has 4 N–H and O–H groups in total. The molecule has 2 atom stereocenters. The number of carbonyl (C=O) groups excluding carboxylic acids is 2. The third-order valence-electron chi connectivity index (χ3n) is 4.07. The molecule has 0 aromatic carbocycles. The lowest BCUT2D eigenvalue weighted by Crippen LogP contribution is -2.50. The van der Waals surface area contributed by atoms with Crippen LogP contribution in [0.2, 0.25) is 0 Å². The summed E-state index contributed by atoms with van der Waals surface area (Å²) in [4.78, 5) is 23.0. The van der Waals surface area contributed by atoms with Gasteiger partial charge in [-0.15, -0.1) is 0 Å². The Bertz CT molecular complexity index is 487. The lowest BCUT2D eigenvalue weighted by molar-refractivity contribution is -0.259. The van der Waals surface area contributed by atoms with Gasteiger partial charge in [-0.3, -0.25) is 4.79 Å². The van der Waals surface area contributed by atoms with Gasteiger partial charge in [0.05, 0.1) is 0 Å². The molecule has 1 rings (SSSR count). The molecule has 0 aromatic rings. The van der Waals surface area contributed by atoms with Crippen molar-refractivity contribution in [3.8, 4) is 0 Å². The fourth-order valence-corrected chi connectivity index (χ4v) is 2.57. The molecule has 144 valence electrons. The van der Waals surface area contributed by atoms with Crippen LogP contribution in [0.1, 0.15) is 64.7 Å². The maximum absolute atomic E-state index is 11.8. The summed E-state index contributed by atoms with van der Waals surface area (Å²) in [5.74, 6) is -6.77. The summed E-state index contributed by atoms with van der Waals surface area (Å²) in [5.41, 5.74) is 0. The first-order valence-electron chi connectivity index (χ1n) is 8.73. The van der Waals surface area contributed by atoms with E-state index in [1.54, 1.807) is 0 Å². The number of hydrogen-bond acceptors (Lipinski definition) is 8. The van der Waals surface area contributed by atoms with Crippen molar-refractivity contribution >= 4 is 11.9 Å². The van der Waals surface area contributed by atoms with Crippen LogP contribution in [0.4, 0.5) is 0 Å². The van der Waals surface area contributed by atoms with Crippen molar-refractivity contribution < 1.29 is 39.5 Å². The van der Waals surface area contributed by atoms with Crippen LogP contribution in [0, 0.1) is 0 Å². The van der Waals surface area contributed by atoms with Crippen LogP contribution in [0.25, 0.3) is 0 Å². The van der Waals surface area contributed by atoms with Crippen molar-refractivity contribution in [2.75, 3.05) is 6.61 Å². The summed E-state index contributed by atoms with van der Waals surface area (Å²) in [6.07, 6.45) is 6.48. The van der Waals surface area contributed by atoms with Gasteiger partial charge in [0.2, 0.25) is 11.9 Å². The average Bonchev–Trinajstić information content (AvgIpc) is 2.85. The molecular weight excluding hydrogens is 332 g/mol. The van der Waals surface area contributed by atoms with Crippen LogP contribution in [0.3, 0.4) is 0 Å². The predicted molar refractivity (Wildman–Crippen MR) is 87.5 cm³/mol. The normalized spacial score (nSPS) is 19.6. The van der Waals surface area contributed by atoms with E-state index in [-0.39, 0.29) is 6.42 Å². The fourth-order valence-electron chi connectivity index (χ4n) is 2.57. The van der Waals surface area contributed by atoms with Gasteiger partial charge in [0.1, 0.15) is 6.61 Å². The monoisotopic (exact) mass is 360 g/mol. The molecule has 0 unspecified atom stereocenters. The van der Waals surface area contributed by atoms with Gasteiger partial charge in [-0.2, -0.15) is 0 Å². The average molecular weight is 360 g/mol. The number of carbonyl (C=O) groups is 2. The van der Waals surface area contributed by atoms with Crippen molar-refractivity contribution in [2.24, 2.45) is 0 Å². The molecule has 0 saturated carbocycles. The smallest absolute Gasteiger partial charge is 0.378 e. The highest BCUT2D eigenvalue weighted by atomic mass is 16.7. The number of rotatable bonds is 12. The molecule has 8 heteroatoms. The minimum Gasteiger partial charge on any atom is -0.505 e. The Morgan fingerprint density at radius 1 is 1.12 bits per heavy atom. The summed E-state index contributed by atoms with van der Waals surface area (Å²) in [6, 6.07) is 0. The quantitative estimate of drug-likeness (QED) is 0.236. The molecule has 0 amide bonds. The van der Waals surface area contributed by atoms with E-state index in [2.05, 4.69) is 11.7 Å². The standard InChI is InChI=1S/C17H28O8/c1-2-3-4-5-6-7-8-9-10-12(19)25-17(23,11-18)15-13(20)14(21)16(22)24-15/h15,18,20-21,23H,2-11H2,1H3/t15-,17+/m0/s1. The van der Waals surface area contributed by atoms with Crippen LogP contribution >= 0.6 is 0 Å². The lowest BCUT2D eigenvalue weighted by Gasteiger charge is -2.29. The van der Waals surface area contributed by atoms with Gasteiger partial charge in [0.15, 0.2) is 5.76 Å². The highest BCUT2D eigenvalue weighted by Gasteiger charge is 2.51. The third kappa shape index (κ3) is 6.21. The number of aliphatic hydroxyl groups is 4. The number of cyclic esters (lactones) is 1. The lowest BCUT2D eigenvalue weighted by atomic mass is 10.1. The maximum Gasteiger partial charge on any atom is 0.378 e. The number of esters is 2. The maximum atomic E-state index is 11.8. The first kappa shape index (κ1) is 21.2. The van der Waals surface area contributed by atoms with Gasteiger partial charge in [-0.25, -0.2) is 4.79 Å². The van der Waals surface area contributed by atoms with Gasteiger partial charge in [-0.1, -0.05) is 51.9 Å². The van der Waals surface area contributed by atoms with Crippen LogP contribution in [0.5, 0.6) is 0 Å². The minimum absolute atomic E-state index is 0.0222. The molecule has 0 aliphatic carbocycles. The zero-order chi connectivity index (χ0) is 18.9. The molecule has 25 heavy (non-hydrogen) atoms. The number of ether oxygens (including phenoxy) is 2.